The minimum Gasteiger partial charge on any atom is -0.464 e. The van der Waals surface area contributed by atoms with E-state index < -0.39 is 23.1 Å². The molecule has 4 rings (SSSR count). The zero-order valence-electron chi connectivity index (χ0n) is 24.3. The molecule has 0 saturated heterocycles. The number of hydrogen-bond donors (Lipinski definition) is 0. The van der Waals surface area contributed by atoms with Gasteiger partial charge in [0.1, 0.15) is 18.5 Å². The Bertz CT molecular complexity index is 989. The van der Waals surface area contributed by atoms with E-state index in [0.717, 1.165) is 44.9 Å². The van der Waals surface area contributed by atoms with E-state index in [-0.39, 0.29) is 54.2 Å². The predicted octanol–water partition coefficient (Wildman–Crippen LogP) is 5.11. The van der Waals surface area contributed by atoms with E-state index in [1.165, 1.54) is 12.5 Å². The fourth-order valence-electron chi connectivity index (χ4n) is 8.72. The maximum Gasteiger partial charge on any atom is 0.303 e. The third-order valence-electron chi connectivity index (χ3n) is 10.7. The summed E-state index contributed by atoms with van der Waals surface area (Å²) in [5, 5.41) is 0. The minimum absolute atomic E-state index is 0.00465. The number of Topliss-reactive ketones (excluding diaryl/α,β-unsaturated/α-hetero) is 1. The second-order valence-electron chi connectivity index (χ2n) is 12.7. The van der Waals surface area contributed by atoms with Crippen molar-refractivity contribution in [3.8, 4) is 0 Å². The molecule has 0 aromatic heterocycles. The molecule has 0 radical (unpaired) electrons. The predicted molar refractivity (Wildman–Crippen MR) is 143 cm³/mol. The monoisotopic (exact) mass is 546 g/mol. The van der Waals surface area contributed by atoms with Gasteiger partial charge in [0, 0.05) is 24.7 Å². The normalized spacial score (nSPS) is 38.1. The van der Waals surface area contributed by atoms with Crippen LogP contribution in [0.25, 0.3) is 0 Å². The molecule has 8 nitrogen and oxygen atoms in total. The summed E-state index contributed by atoms with van der Waals surface area (Å²) in [6.45, 7) is 9.89. The molecule has 0 bridgehead atoms. The molecule has 3 fully saturated rings. The zero-order chi connectivity index (χ0) is 28.4. The molecule has 0 amide bonds. The Morgan fingerprint density at radius 2 is 1.95 bits per heavy atom. The quantitative estimate of drug-likeness (QED) is 0.189. The van der Waals surface area contributed by atoms with Gasteiger partial charge in [0.2, 0.25) is 5.78 Å². The van der Waals surface area contributed by atoms with E-state index in [9.17, 15) is 19.2 Å². The lowest BCUT2D eigenvalue weighted by Crippen LogP contribution is -2.63. The van der Waals surface area contributed by atoms with Gasteiger partial charge < -0.3 is 18.9 Å². The van der Waals surface area contributed by atoms with Crippen molar-refractivity contribution in [2.45, 2.75) is 117 Å². The standard InChI is InChI=1S/C31H46O8/c1-6-7-8-20(2)38-19-39-31(27(35)17-36-21(3)33)14-12-25-24-10-9-22-15-23(34)11-13-29(22,4)28(24)26(37-18-32)16-30(25,31)5/h15,18,20,24-26,28H,6-14,16-17,19H2,1-5H3/t20?,24-,25-,26-,28+,29-,30-,31-/m0/s1. The fourth-order valence-corrected chi connectivity index (χ4v) is 8.72. The van der Waals surface area contributed by atoms with Crippen molar-refractivity contribution >= 4 is 24.0 Å². The first kappa shape index (κ1) is 29.9. The molecule has 1 unspecified atom stereocenters. The van der Waals surface area contributed by atoms with Gasteiger partial charge in [0.05, 0.1) is 6.10 Å². The third kappa shape index (κ3) is 5.35. The van der Waals surface area contributed by atoms with E-state index in [4.69, 9.17) is 18.9 Å². The van der Waals surface area contributed by atoms with Gasteiger partial charge in [-0.1, -0.05) is 39.2 Å². The highest BCUT2D eigenvalue weighted by atomic mass is 16.7. The largest absolute Gasteiger partial charge is 0.464 e. The molecule has 8 heteroatoms. The molecule has 218 valence electrons. The first-order valence-corrected chi connectivity index (χ1v) is 14.8. The smallest absolute Gasteiger partial charge is 0.303 e. The number of unbranched alkanes of at least 4 members (excludes halogenated alkanes) is 1. The number of ether oxygens (including phenoxy) is 4. The van der Waals surface area contributed by atoms with Gasteiger partial charge in [-0.15, -0.1) is 0 Å². The first-order chi connectivity index (χ1) is 18.5. The lowest BCUT2D eigenvalue weighted by Gasteiger charge is -2.61. The fraction of sp³-hybridized carbons (Fsp3) is 0.806. The highest BCUT2D eigenvalue weighted by Crippen LogP contribution is 2.68. The van der Waals surface area contributed by atoms with Crippen LogP contribution in [0.5, 0.6) is 0 Å². The zero-order valence-corrected chi connectivity index (χ0v) is 24.3. The van der Waals surface area contributed by atoms with Crippen LogP contribution in [0.15, 0.2) is 11.6 Å². The van der Waals surface area contributed by atoms with Crippen LogP contribution in [0.1, 0.15) is 98.8 Å². The highest BCUT2D eigenvalue weighted by molar-refractivity contribution is 5.92. The summed E-state index contributed by atoms with van der Waals surface area (Å²) in [5.74, 6) is -0.170. The molecule has 3 saturated carbocycles. The minimum atomic E-state index is -1.22. The maximum atomic E-state index is 13.9. The lowest BCUT2D eigenvalue weighted by atomic mass is 9.45. The maximum absolute atomic E-state index is 13.9. The molecule has 0 aromatic carbocycles. The summed E-state index contributed by atoms with van der Waals surface area (Å²) in [6, 6.07) is 0. The topological polar surface area (TPSA) is 105 Å². The van der Waals surface area contributed by atoms with Crippen LogP contribution in [0.4, 0.5) is 0 Å². The molecule has 0 spiro atoms. The van der Waals surface area contributed by atoms with Gasteiger partial charge in [0.25, 0.3) is 6.47 Å². The Morgan fingerprint density at radius 3 is 2.64 bits per heavy atom. The van der Waals surface area contributed by atoms with Gasteiger partial charge in [-0.05, 0) is 75.2 Å². The molecule has 0 aromatic rings. The Balaban J connectivity index is 1.67. The second-order valence-corrected chi connectivity index (χ2v) is 12.7. The molecular formula is C31H46O8. The summed E-state index contributed by atoms with van der Waals surface area (Å²) in [4.78, 5) is 49.6. The Morgan fingerprint density at radius 1 is 1.18 bits per heavy atom. The summed E-state index contributed by atoms with van der Waals surface area (Å²) in [5.41, 5.74) is -0.912. The van der Waals surface area contributed by atoms with Gasteiger partial charge >= 0.3 is 5.97 Å². The van der Waals surface area contributed by atoms with E-state index in [0.29, 0.717) is 25.7 Å². The molecule has 8 atom stereocenters. The Labute approximate surface area is 232 Å². The SMILES string of the molecule is CCCCC(C)OCO[C@]1(C(=O)COC(C)=O)CC[C@H]2[C@@H]3CCC4=CC(=O)CC[C@]4(C)[C@H]3[C@@H](OC=O)C[C@@]21C. The van der Waals surface area contributed by atoms with Crippen LogP contribution in [0.2, 0.25) is 0 Å². The average Bonchev–Trinajstić information content (AvgIpc) is 3.19. The van der Waals surface area contributed by atoms with E-state index in [1.54, 1.807) is 0 Å². The van der Waals surface area contributed by atoms with Crippen molar-refractivity contribution in [1.82, 2.24) is 0 Å². The number of fused-ring (bicyclic) bond motifs is 5. The number of ketones is 2. The number of allylic oxidation sites excluding steroid dienone is 1. The van der Waals surface area contributed by atoms with Crippen LogP contribution in [0.3, 0.4) is 0 Å². The molecule has 0 aliphatic heterocycles. The number of esters is 1. The number of hydrogen-bond acceptors (Lipinski definition) is 8. The number of carbonyl (C=O) groups is 4. The molecular weight excluding hydrogens is 500 g/mol. The summed E-state index contributed by atoms with van der Waals surface area (Å²) in [6.07, 6.45) is 9.13. The first-order valence-electron chi connectivity index (χ1n) is 14.8. The number of rotatable bonds is 12. The van der Waals surface area contributed by atoms with Gasteiger partial charge in [-0.3, -0.25) is 19.2 Å². The van der Waals surface area contributed by atoms with Crippen LogP contribution >= 0.6 is 0 Å². The van der Waals surface area contributed by atoms with Crippen molar-refractivity contribution in [2.75, 3.05) is 13.4 Å². The van der Waals surface area contributed by atoms with Gasteiger partial charge in [-0.25, -0.2) is 0 Å². The van der Waals surface area contributed by atoms with Crippen molar-refractivity contribution in [3.63, 3.8) is 0 Å². The van der Waals surface area contributed by atoms with Crippen LogP contribution in [-0.4, -0.2) is 55.2 Å². The molecule has 4 aliphatic rings. The lowest BCUT2D eigenvalue weighted by molar-refractivity contribution is -0.227. The van der Waals surface area contributed by atoms with Crippen LogP contribution in [-0.2, 0) is 38.1 Å². The van der Waals surface area contributed by atoms with E-state index >= 15 is 0 Å². The van der Waals surface area contributed by atoms with Gasteiger partial charge in [0.15, 0.2) is 12.4 Å². The third-order valence-corrected chi connectivity index (χ3v) is 10.7. The van der Waals surface area contributed by atoms with E-state index in [1.807, 2.05) is 13.0 Å². The summed E-state index contributed by atoms with van der Waals surface area (Å²) in [7, 11) is 0. The molecule has 0 heterocycles. The molecule has 4 aliphatic carbocycles. The van der Waals surface area contributed by atoms with Crippen molar-refractivity contribution in [3.05, 3.63) is 11.6 Å². The summed E-state index contributed by atoms with van der Waals surface area (Å²) < 4.78 is 23.5. The van der Waals surface area contributed by atoms with Crippen LogP contribution < -0.4 is 0 Å². The second kappa shape index (κ2) is 11.8. The molecule has 39 heavy (non-hydrogen) atoms. The summed E-state index contributed by atoms with van der Waals surface area (Å²) >= 11 is 0. The number of carbonyl (C=O) groups excluding carboxylic acids is 4. The van der Waals surface area contributed by atoms with E-state index in [2.05, 4.69) is 20.8 Å². The van der Waals surface area contributed by atoms with Crippen molar-refractivity contribution < 1.29 is 38.1 Å². The van der Waals surface area contributed by atoms with Crippen molar-refractivity contribution in [1.29, 1.82) is 0 Å². The van der Waals surface area contributed by atoms with Gasteiger partial charge in [-0.2, -0.15) is 0 Å². The Kier molecular flexibility index (Phi) is 9.06. The molecule has 0 N–H and O–H groups in total. The highest BCUT2D eigenvalue weighted by Gasteiger charge is 2.70. The van der Waals surface area contributed by atoms with Crippen LogP contribution in [0, 0.1) is 28.6 Å². The Hall–Kier alpha value is -2.06. The average molecular weight is 547 g/mol. The van der Waals surface area contributed by atoms with Crippen molar-refractivity contribution in [2.24, 2.45) is 28.6 Å².